The van der Waals surface area contributed by atoms with Crippen LogP contribution in [0.25, 0.3) is 17.8 Å². The van der Waals surface area contributed by atoms with Gasteiger partial charge < -0.3 is 5.32 Å². The number of hydrogen-bond donors (Lipinski definition) is 1. The normalized spacial score (nSPS) is 10.9. The summed E-state index contributed by atoms with van der Waals surface area (Å²) < 4.78 is 1.76. The average Bonchev–Trinajstić information content (AvgIpc) is 3.24. The van der Waals surface area contributed by atoms with Crippen molar-refractivity contribution in [3.05, 3.63) is 108 Å². The Morgan fingerprint density at radius 2 is 1.79 bits per heavy atom. The maximum Gasteiger partial charge on any atom is 0.274 e. The molecule has 0 aliphatic carbocycles. The zero-order valence-corrected chi connectivity index (χ0v) is 15.1. The Kier molecular flexibility index (Phi) is 5.06. The fourth-order valence-corrected chi connectivity index (χ4v) is 2.83. The highest BCUT2D eigenvalue weighted by Gasteiger charge is 2.13. The number of nitrogens with one attached hydrogen (secondary N) is 1. The number of nitrogens with zero attached hydrogens (tertiary/aromatic N) is 3. The summed E-state index contributed by atoms with van der Waals surface area (Å²) >= 11 is 0. The van der Waals surface area contributed by atoms with E-state index in [4.69, 9.17) is 0 Å². The van der Waals surface area contributed by atoms with Crippen LogP contribution < -0.4 is 5.32 Å². The molecular formula is C23H18N4O. The highest BCUT2D eigenvalue weighted by atomic mass is 16.2. The number of imidazole rings is 1. The molecule has 2 heterocycles. The first-order valence-corrected chi connectivity index (χ1v) is 8.88. The molecule has 5 heteroatoms. The van der Waals surface area contributed by atoms with Crippen LogP contribution in [0.1, 0.15) is 21.7 Å². The molecule has 2 aromatic carbocycles. The Morgan fingerprint density at radius 3 is 2.61 bits per heavy atom. The molecule has 1 amide bonds. The van der Waals surface area contributed by atoms with Crippen molar-refractivity contribution in [1.82, 2.24) is 14.5 Å². The molecule has 1 N–H and O–H groups in total. The van der Waals surface area contributed by atoms with Gasteiger partial charge in [0.25, 0.3) is 5.91 Å². The number of pyridine rings is 1. The van der Waals surface area contributed by atoms with E-state index in [9.17, 15) is 4.79 Å². The van der Waals surface area contributed by atoms with Crippen molar-refractivity contribution in [3.63, 3.8) is 0 Å². The van der Waals surface area contributed by atoms with Gasteiger partial charge in [0, 0.05) is 17.6 Å². The summed E-state index contributed by atoms with van der Waals surface area (Å²) in [4.78, 5) is 21.2. The molecule has 0 fully saturated rings. The van der Waals surface area contributed by atoms with E-state index in [1.165, 1.54) is 0 Å². The summed E-state index contributed by atoms with van der Waals surface area (Å²) in [6, 6.07) is 23.1. The number of carbonyl (C=O) groups is 1. The number of amides is 1. The smallest absolute Gasteiger partial charge is 0.274 e. The molecule has 0 bridgehead atoms. The van der Waals surface area contributed by atoms with Gasteiger partial charge in [-0.15, -0.1) is 0 Å². The second kappa shape index (κ2) is 8.14. The van der Waals surface area contributed by atoms with Crippen molar-refractivity contribution in [2.45, 2.75) is 0 Å². The van der Waals surface area contributed by atoms with Gasteiger partial charge in [0.1, 0.15) is 5.69 Å². The lowest BCUT2D eigenvalue weighted by Gasteiger charge is -2.09. The highest BCUT2D eigenvalue weighted by Crippen LogP contribution is 2.16. The third kappa shape index (κ3) is 4.04. The van der Waals surface area contributed by atoms with Gasteiger partial charge in [0.05, 0.1) is 18.2 Å². The summed E-state index contributed by atoms with van der Waals surface area (Å²) in [7, 11) is 0. The topological polar surface area (TPSA) is 59.8 Å². The largest absolute Gasteiger partial charge is 0.321 e. The minimum absolute atomic E-state index is 0.216. The number of hydrogen-bond acceptors (Lipinski definition) is 3. The molecule has 28 heavy (non-hydrogen) atoms. The molecule has 5 nitrogen and oxygen atoms in total. The monoisotopic (exact) mass is 366 g/mol. The van der Waals surface area contributed by atoms with Gasteiger partial charge >= 0.3 is 0 Å². The van der Waals surface area contributed by atoms with Gasteiger partial charge in [-0.2, -0.15) is 0 Å². The van der Waals surface area contributed by atoms with Gasteiger partial charge in [0.15, 0.2) is 0 Å². The second-order valence-corrected chi connectivity index (χ2v) is 6.15. The Bertz CT molecular complexity index is 1100. The number of para-hydroxylation sites is 1. The van der Waals surface area contributed by atoms with Crippen molar-refractivity contribution >= 4 is 23.7 Å². The predicted octanol–water partition coefficient (Wildman–Crippen LogP) is 4.69. The van der Waals surface area contributed by atoms with Gasteiger partial charge in [-0.05, 0) is 48.0 Å². The molecule has 0 unspecified atom stereocenters. The average molecular weight is 366 g/mol. The molecule has 0 radical (unpaired) electrons. The van der Waals surface area contributed by atoms with Gasteiger partial charge in [0.2, 0.25) is 0 Å². The zero-order valence-electron chi connectivity index (χ0n) is 15.1. The first-order valence-electron chi connectivity index (χ1n) is 8.88. The molecule has 4 aromatic rings. The molecule has 2 aromatic heterocycles. The van der Waals surface area contributed by atoms with Gasteiger partial charge in [-0.3, -0.25) is 14.3 Å². The zero-order chi connectivity index (χ0) is 19.2. The molecule has 4 rings (SSSR count). The fraction of sp³-hybridized carbons (Fsp3) is 0. The van der Waals surface area contributed by atoms with Crippen LogP contribution in [0.2, 0.25) is 0 Å². The van der Waals surface area contributed by atoms with E-state index in [1.807, 2.05) is 84.9 Å². The van der Waals surface area contributed by atoms with Crippen LogP contribution in [0.4, 0.5) is 5.69 Å². The first-order chi connectivity index (χ1) is 13.8. The Balaban J connectivity index is 1.52. The van der Waals surface area contributed by atoms with E-state index < -0.39 is 0 Å². The van der Waals surface area contributed by atoms with Crippen molar-refractivity contribution < 1.29 is 4.79 Å². The molecule has 136 valence electrons. The van der Waals surface area contributed by atoms with Crippen LogP contribution in [0, 0.1) is 0 Å². The van der Waals surface area contributed by atoms with Crippen molar-refractivity contribution in [1.29, 1.82) is 0 Å². The quantitative estimate of drug-likeness (QED) is 0.557. The lowest BCUT2D eigenvalue weighted by Crippen LogP contribution is -2.16. The third-order valence-electron chi connectivity index (χ3n) is 4.18. The van der Waals surface area contributed by atoms with Crippen molar-refractivity contribution in [2.24, 2.45) is 0 Å². The molecule has 0 atom stereocenters. The third-order valence-corrected chi connectivity index (χ3v) is 4.18. The Morgan fingerprint density at radius 1 is 0.929 bits per heavy atom. The maximum absolute atomic E-state index is 12.8. The standard InChI is InChI=1S/C23H18N4O/c28-23(22-16-24-17-27(22)21-10-2-1-3-11-21)26-20-9-6-7-18(15-20)12-13-19-8-4-5-14-25-19/h1-17H,(H,26,28). The number of rotatable bonds is 5. The fourth-order valence-electron chi connectivity index (χ4n) is 2.83. The van der Waals surface area contributed by atoms with Gasteiger partial charge in [-0.1, -0.05) is 42.5 Å². The Labute approximate surface area is 163 Å². The molecule has 0 aliphatic heterocycles. The maximum atomic E-state index is 12.8. The van der Waals surface area contributed by atoms with E-state index in [2.05, 4.69) is 15.3 Å². The summed E-state index contributed by atoms with van der Waals surface area (Å²) in [6.07, 6.45) is 8.85. The van der Waals surface area contributed by atoms with Crippen LogP contribution in [0.3, 0.4) is 0 Å². The lowest BCUT2D eigenvalue weighted by atomic mass is 10.1. The summed E-state index contributed by atoms with van der Waals surface area (Å²) in [6.45, 7) is 0. The molecule has 0 saturated heterocycles. The van der Waals surface area contributed by atoms with Crippen LogP contribution in [-0.2, 0) is 0 Å². The Hall–Kier alpha value is -3.99. The molecular weight excluding hydrogens is 348 g/mol. The highest BCUT2D eigenvalue weighted by molar-refractivity contribution is 6.03. The first kappa shape index (κ1) is 17.4. The molecule has 0 saturated carbocycles. The van der Waals surface area contributed by atoms with E-state index in [-0.39, 0.29) is 5.91 Å². The number of carbonyl (C=O) groups excluding carboxylic acids is 1. The minimum atomic E-state index is -0.216. The lowest BCUT2D eigenvalue weighted by molar-refractivity contribution is 0.102. The van der Waals surface area contributed by atoms with E-state index >= 15 is 0 Å². The van der Waals surface area contributed by atoms with Crippen molar-refractivity contribution in [2.75, 3.05) is 5.32 Å². The number of anilines is 1. The van der Waals surface area contributed by atoms with Crippen LogP contribution in [0.15, 0.2) is 91.5 Å². The minimum Gasteiger partial charge on any atom is -0.321 e. The summed E-state index contributed by atoms with van der Waals surface area (Å²) in [5.41, 5.74) is 3.93. The molecule has 0 spiro atoms. The summed E-state index contributed by atoms with van der Waals surface area (Å²) in [5, 5.41) is 2.94. The van der Waals surface area contributed by atoms with E-state index in [0.717, 1.165) is 16.9 Å². The summed E-state index contributed by atoms with van der Waals surface area (Å²) in [5.74, 6) is -0.216. The number of benzene rings is 2. The number of aromatic nitrogens is 3. The van der Waals surface area contributed by atoms with Crippen LogP contribution in [-0.4, -0.2) is 20.4 Å². The second-order valence-electron chi connectivity index (χ2n) is 6.15. The van der Waals surface area contributed by atoms with Crippen molar-refractivity contribution in [3.8, 4) is 5.69 Å². The van der Waals surface area contributed by atoms with Crippen LogP contribution in [0.5, 0.6) is 0 Å². The molecule has 0 aliphatic rings. The predicted molar refractivity (Wildman–Crippen MR) is 111 cm³/mol. The van der Waals surface area contributed by atoms with Crippen LogP contribution >= 0.6 is 0 Å². The SMILES string of the molecule is O=C(Nc1cccc(C=Cc2ccccn2)c1)c1cncn1-c1ccccc1. The van der Waals surface area contributed by atoms with Gasteiger partial charge in [-0.25, -0.2) is 4.98 Å². The van der Waals surface area contributed by atoms with E-state index in [1.54, 1.807) is 23.3 Å². The van der Waals surface area contributed by atoms with E-state index in [0.29, 0.717) is 11.4 Å².